The van der Waals surface area contributed by atoms with Crippen LogP contribution >= 0.6 is 11.8 Å². The van der Waals surface area contributed by atoms with Gasteiger partial charge in [-0.3, -0.25) is 14.3 Å². The van der Waals surface area contributed by atoms with E-state index >= 15 is 0 Å². The lowest BCUT2D eigenvalue weighted by Gasteiger charge is -2.20. The third-order valence-corrected chi connectivity index (χ3v) is 7.02. The van der Waals surface area contributed by atoms with E-state index in [1.54, 1.807) is 55.4 Å². The Morgan fingerprint density at radius 2 is 1.79 bits per heavy atom. The zero-order valence-electron chi connectivity index (χ0n) is 16.7. The molecule has 1 N–H and O–H groups in total. The quantitative estimate of drug-likeness (QED) is 0.745. The molecule has 2 aromatic carbocycles. The molecule has 2 aromatic rings. The van der Waals surface area contributed by atoms with E-state index in [1.807, 2.05) is 6.92 Å². The average molecular weight is 434 g/mol. The monoisotopic (exact) mass is 433 g/mol. The van der Waals surface area contributed by atoms with Crippen LogP contribution in [-0.2, 0) is 21.2 Å². The first-order valence-corrected chi connectivity index (χ1v) is 11.3. The Bertz CT molecular complexity index is 1050. The van der Waals surface area contributed by atoms with Gasteiger partial charge in [0.2, 0.25) is 5.91 Å². The van der Waals surface area contributed by atoms with Gasteiger partial charge >= 0.3 is 0 Å². The molecule has 0 bridgehead atoms. The Hall–Kier alpha value is -2.52. The maximum Gasteiger partial charge on any atom is 0.285 e. The summed E-state index contributed by atoms with van der Waals surface area (Å²) in [6.07, 6.45) is 0.615. The minimum Gasteiger partial charge on any atom is -0.339 e. The number of hydrogen-bond donors (Lipinski definition) is 1. The standard InChI is InChI=1S/C20H23N3O4S2/c1-13-11-15-12-18(9-10-19(15)23(13)14(2)24)29(26,27)21-16-5-7-17(8-6-16)28-20(25)22(3)4/h5-10,12-13,21H,11H2,1-4H3. The molecule has 1 unspecified atom stereocenters. The van der Waals surface area contributed by atoms with Crippen molar-refractivity contribution >= 4 is 44.3 Å². The van der Waals surface area contributed by atoms with Gasteiger partial charge < -0.3 is 9.80 Å². The smallest absolute Gasteiger partial charge is 0.285 e. The van der Waals surface area contributed by atoms with Crippen molar-refractivity contribution in [1.82, 2.24) is 4.90 Å². The fourth-order valence-electron chi connectivity index (χ4n) is 3.25. The normalized spacial score (nSPS) is 15.7. The van der Waals surface area contributed by atoms with Crippen LogP contribution < -0.4 is 9.62 Å². The molecular formula is C20H23N3O4S2. The molecule has 0 saturated carbocycles. The van der Waals surface area contributed by atoms with Gasteiger partial charge in [-0.25, -0.2) is 8.42 Å². The fraction of sp³-hybridized carbons (Fsp3) is 0.300. The van der Waals surface area contributed by atoms with Crippen molar-refractivity contribution in [3.05, 3.63) is 48.0 Å². The van der Waals surface area contributed by atoms with Gasteiger partial charge in [-0.05, 0) is 73.1 Å². The van der Waals surface area contributed by atoms with Crippen LogP contribution in [0.3, 0.4) is 0 Å². The first-order chi connectivity index (χ1) is 13.6. The number of nitrogens with one attached hydrogen (secondary N) is 1. The second-order valence-corrected chi connectivity index (χ2v) is 9.83. The van der Waals surface area contributed by atoms with Gasteiger partial charge in [-0.15, -0.1) is 0 Å². The molecule has 9 heteroatoms. The largest absolute Gasteiger partial charge is 0.339 e. The third kappa shape index (κ3) is 4.56. The number of fused-ring (bicyclic) bond motifs is 1. The maximum atomic E-state index is 12.8. The summed E-state index contributed by atoms with van der Waals surface area (Å²) >= 11 is 1.07. The van der Waals surface area contributed by atoms with E-state index < -0.39 is 10.0 Å². The highest BCUT2D eigenvalue weighted by Crippen LogP contribution is 2.34. The molecule has 1 heterocycles. The summed E-state index contributed by atoms with van der Waals surface area (Å²) in [5.74, 6) is -0.0595. The maximum absolute atomic E-state index is 12.8. The Morgan fingerprint density at radius 3 is 2.38 bits per heavy atom. The average Bonchev–Trinajstić information content (AvgIpc) is 2.98. The highest BCUT2D eigenvalue weighted by atomic mass is 32.2. The molecule has 0 radical (unpaired) electrons. The van der Waals surface area contributed by atoms with Gasteiger partial charge in [0.25, 0.3) is 15.3 Å². The number of anilines is 2. The zero-order chi connectivity index (χ0) is 21.3. The number of carbonyl (C=O) groups excluding carboxylic acids is 2. The van der Waals surface area contributed by atoms with E-state index in [0.717, 1.165) is 27.9 Å². The molecule has 0 aromatic heterocycles. The summed E-state index contributed by atoms with van der Waals surface area (Å²) in [5.41, 5.74) is 2.01. The second-order valence-electron chi connectivity index (χ2n) is 7.12. The second kappa shape index (κ2) is 8.08. The number of sulfonamides is 1. The molecule has 3 rings (SSSR count). The number of thioether (sulfide) groups is 1. The molecule has 0 spiro atoms. The van der Waals surface area contributed by atoms with Crippen LogP contribution in [0.15, 0.2) is 52.3 Å². The third-order valence-electron chi connectivity index (χ3n) is 4.59. The van der Waals surface area contributed by atoms with Crippen molar-refractivity contribution in [1.29, 1.82) is 0 Å². The van der Waals surface area contributed by atoms with Crippen molar-refractivity contribution < 1.29 is 18.0 Å². The van der Waals surface area contributed by atoms with Gasteiger partial charge in [-0.2, -0.15) is 0 Å². The lowest BCUT2D eigenvalue weighted by Crippen LogP contribution is -2.33. The first kappa shape index (κ1) is 21.2. The van der Waals surface area contributed by atoms with E-state index in [9.17, 15) is 18.0 Å². The van der Waals surface area contributed by atoms with Gasteiger partial charge in [0.15, 0.2) is 0 Å². The molecule has 0 aliphatic carbocycles. The Labute approximate surface area is 175 Å². The Morgan fingerprint density at radius 1 is 1.14 bits per heavy atom. The molecule has 0 saturated heterocycles. The van der Waals surface area contributed by atoms with Gasteiger partial charge in [-0.1, -0.05) is 0 Å². The van der Waals surface area contributed by atoms with Crippen molar-refractivity contribution in [2.45, 2.75) is 36.1 Å². The minimum atomic E-state index is -3.77. The highest BCUT2D eigenvalue weighted by Gasteiger charge is 2.30. The number of rotatable bonds is 4. The minimum absolute atomic E-state index is 0.00309. The fourth-order valence-corrected chi connectivity index (χ4v) is 5.02. The predicted octanol–water partition coefficient (Wildman–Crippen LogP) is 3.56. The first-order valence-electron chi connectivity index (χ1n) is 9.03. The number of amides is 2. The Kier molecular flexibility index (Phi) is 5.90. The van der Waals surface area contributed by atoms with Crippen LogP contribution in [0.4, 0.5) is 16.2 Å². The molecule has 2 amide bonds. The van der Waals surface area contributed by atoms with Gasteiger partial charge in [0.1, 0.15) is 0 Å². The molecule has 1 atom stereocenters. The SMILES string of the molecule is CC(=O)N1c2ccc(S(=O)(=O)Nc3ccc(SC(=O)N(C)C)cc3)cc2CC1C. The summed E-state index contributed by atoms with van der Waals surface area (Å²) < 4.78 is 28.1. The van der Waals surface area contributed by atoms with E-state index in [0.29, 0.717) is 12.1 Å². The number of nitrogens with zero attached hydrogens (tertiary/aromatic N) is 2. The van der Waals surface area contributed by atoms with Crippen molar-refractivity contribution in [3.63, 3.8) is 0 Å². The summed E-state index contributed by atoms with van der Waals surface area (Å²) in [6.45, 7) is 3.44. The number of carbonyl (C=O) groups is 2. The molecule has 1 aliphatic rings. The van der Waals surface area contributed by atoms with E-state index in [-0.39, 0.29) is 22.1 Å². The molecule has 154 valence electrons. The van der Waals surface area contributed by atoms with E-state index in [1.165, 1.54) is 17.9 Å². The molecule has 1 aliphatic heterocycles. The molecule has 7 nitrogen and oxygen atoms in total. The van der Waals surface area contributed by atoms with Crippen LogP contribution in [0.2, 0.25) is 0 Å². The van der Waals surface area contributed by atoms with Crippen molar-refractivity contribution in [3.8, 4) is 0 Å². The highest BCUT2D eigenvalue weighted by molar-refractivity contribution is 8.13. The Balaban J connectivity index is 1.78. The zero-order valence-corrected chi connectivity index (χ0v) is 18.3. The predicted molar refractivity (Wildman–Crippen MR) is 115 cm³/mol. The summed E-state index contributed by atoms with van der Waals surface area (Å²) in [4.78, 5) is 27.6. The lowest BCUT2D eigenvalue weighted by molar-refractivity contribution is -0.116. The summed E-state index contributed by atoms with van der Waals surface area (Å²) in [6, 6.07) is 11.4. The van der Waals surface area contributed by atoms with Crippen molar-refractivity contribution in [2.24, 2.45) is 0 Å². The molecule has 29 heavy (non-hydrogen) atoms. The van der Waals surface area contributed by atoms with Crippen LogP contribution in [0.25, 0.3) is 0 Å². The van der Waals surface area contributed by atoms with Crippen LogP contribution in [0.1, 0.15) is 19.4 Å². The van der Waals surface area contributed by atoms with Crippen molar-refractivity contribution in [2.75, 3.05) is 23.7 Å². The van der Waals surface area contributed by atoms with Crippen LogP contribution in [0.5, 0.6) is 0 Å². The van der Waals surface area contributed by atoms with Gasteiger partial charge in [0, 0.05) is 43.3 Å². The van der Waals surface area contributed by atoms with Crippen LogP contribution in [0, 0.1) is 0 Å². The lowest BCUT2D eigenvalue weighted by atomic mass is 10.1. The molecule has 0 fully saturated rings. The van der Waals surface area contributed by atoms with Gasteiger partial charge in [0.05, 0.1) is 4.90 Å². The summed E-state index contributed by atoms with van der Waals surface area (Å²) in [7, 11) is -0.432. The summed E-state index contributed by atoms with van der Waals surface area (Å²) in [5, 5.41) is -0.106. The number of benzene rings is 2. The number of hydrogen-bond acceptors (Lipinski definition) is 5. The van der Waals surface area contributed by atoms with E-state index in [4.69, 9.17) is 0 Å². The molecular weight excluding hydrogens is 410 g/mol. The van der Waals surface area contributed by atoms with E-state index in [2.05, 4.69) is 4.72 Å². The topological polar surface area (TPSA) is 86.8 Å². The van der Waals surface area contributed by atoms with Crippen LogP contribution in [-0.4, -0.2) is 44.6 Å².